The van der Waals surface area contributed by atoms with Crippen molar-refractivity contribution < 1.29 is 20.4 Å². The molecule has 0 nitrogen and oxygen atoms in total. The van der Waals surface area contributed by atoms with Gasteiger partial charge in [-0.2, -0.15) is 0 Å². The van der Waals surface area contributed by atoms with E-state index in [0.29, 0.717) is 0 Å². The summed E-state index contributed by atoms with van der Waals surface area (Å²) in [6, 6.07) is 0. The second kappa shape index (κ2) is 11.2. The van der Waals surface area contributed by atoms with E-state index in [1.165, 1.54) is 0 Å². The summed E-state index contributed by atoms with van der Waals surface area (Å²) in [5.74, 6) is 0. The standard InChI is InChI=1S/2C4H5Si.2CH.Pd/c2*1-5(2,3)4;;;/h2*1-3H,4H2;2*1H;/q4*-1;. The van der Waals surface area contributed by atoms with Crippen LogP contribution in [0.1, 0.15) is 0 Å². The van der Waals surface area contributed by atoms with Gasteiger partial charge in [0.05, 0.1) is 0 Å². The molecule has 13 heavy (non-hydrogen) atoms. The molecule has 74 valence electrons. The maximum atomic E-state index is 4.94. The summed E-state index contributed by atoms with van der Waals surface area (Å²) in [5, 5.41) is 0. The van der Waals surface area contributed by atoms with E-state index in [-0.39, 0.29) is 35.3 Å². The molecule has 0 spiro atoms. The second-order valence-electron chi connectivity index (χ2n) is 2.22. The smallest absolute Gasteiger partial charge is 0 e. The molecule has 0 bridgehead atoms. The topological polar surface area (TPSA) is 0 Å². The number of hydrogen-bond acceptors (Lipinski definition) is 0. The minimum Gasteiger partial charge on any atom is -0.726 e. The normalized spacial score (nSPS) is 9.23. The first-order valence-electron chi connectivity index (χ1n) is 2.44. The minimum atomic E-state index is -2.36. The largest absolute Gasteiger partial charge is 0.726 e. The van der Waals surface area contributed by atoms with Crippen LogP contribution in [0.25, 0.3) is 0 Å². The van der Waals surface area contributed by atoms with Gasteiger partial charge in [0, 0.05) is 20.4 Å². The summed E-state index contributed by atoms with van der Waals surface area (Å²) in [6.45, 7) is 36.1. The van der Waals surface area contributed by atoms with E-state index in [1.54, 1.807) is 0 Å². The summed E-state index contributed by atoms with van der Waals surface area (Å²) in [4.78, 5) is 0. The Labute approximate surface area is 104 Å². The summed E-state index contributed by atoms with van der Waals surface area (Å²) in [6.07, 6.45) is 0. The van der Waals surface area contributed by atoms with Gasteiger partial charge in [0.15, 0.2) is 0 Å². The van der Waals surface area contributed by atoms with Crippen molar-refractivity contribution in [2.75, 3.05) is 0 Å². The van der Waals surface area contributed by atoms with Crippen LogP contribution in [0.5, 0.6) is 0 Å². The van der Waals surface area contributed by atoms with Crippen molar-refractivity contribution in [1.29, 1.82) is 0 Å². The molecule has 0 aliphatic carbocycles. The van der Waals surface area contributed by atoms with E-state index in [9.17, 15) is 0 Å². The van der Waals surface area contributed by atoms with E-state index in [1.807, 2.05) is 0 Å². The van der Waals surface area contributed by atoms with Crippen LogP contribution in [-0.4, -0.2) is 16.1 Å². The molecule has 3 heteroatoms. The Morgan fingerprint density at radius 3 is 0.615 bits per heavy atom. The van der Waals surface area contributed by atoms with E-state index in [0.717, 1.165) is 0 Å². The van der Waals surface area contributed by atoms with E-state index in [2.05, 4.69) is 13.1 Å². The number of hydrogen-bond donors (Lipinski definition) is 0. The van der Waals surface area contributed by atoms with E-state index >= 15 is 0 Å². The first-order chi connectivity index (χ1) is 4.00. The molecule has 0 atom stereocenters. The molecule has 0 rings (SSSR count). The molecule has 0 saturated carbocycles. The zero-order valence-electron chi connectivity index (χ0n) is 7.35. The van der Waals surface area contributed by atoms with Gasteiger partial charge in [0.25, 0.3) is 0 Å². The van der Waals surface area contributed by atoms with Crippen LogP contribution in [0.4, 0.5) is 0 Å². The maximum absolute atomic E-state index is 4.94. The summed E-state index contributed by atoms with van der Waals surface area (Å²) < 4.78 is 0. The van der Waals surface area contributed by atoms with Crippen molar-refractivity contribution in [1.82, 2.24) is 0 Å². The van der Waals surface area contributed by atoms with Crippen LogP contribution in [0.3, 0.4) is 0 Å². The van der Waals surface area contributed by atoms with Gasteiger partial charge in [-0.15, -0.1) is 0 Å². The van der Waals surface area contributed by atoms with Gasteiger partial charge in [-0.3, -0.25) is 0 Å². The molecule has 0 aromatic rings. The van der Waals surface area contributed by atoms with Crippen LogP contribution in [0.15, 0.2) is 0 Å². The molecule has 0 N–H and O–H groups in total. The van der Waals surface area contributed by atoms with Gasteiger partial charge in [-0.05, 0) is 0 Å². The third kappa shape index (κ3) is 1340. The van der Waals surface area contributed by atoms with Crippen molar-refractivity contribution in [2.24, 2.45) is 0 Å². The Hall–Kier alpha value is 1.10. The summed E-state index contributed by atoms with van der Waals surface area (Å²) in [7, 11) is -4.72. The van der Waals surface area contributed by atoms with Crippen molar-refractivity contribution in [3.63, 3.8) is 0 Å². The summed E-state index contributed by atoms with van der Waals surface area (Å²) in [5.41, 5.74) is 0. The quantitative estimate of drug-likeness (QED) is 0.469. The molecule has 0 heterocycles. The van der Waals surface area contributed by atoms with Gasteiger partial charge in [0.1, 0.15) is 0 Å². The third-order valence-corrected chi connectivity index (χ3v) is 0. The molecule has 0 aromatic carbocycles. The zero-order chi connectivity index (χ0) is 9.00. The summed E-state index contributed by atoms with van der Waals surface area (Å²) >= 11 is 0. The van der Waals surface area contributed by atoms with Crippen LogP contribution in [0.2, 0.25) is 0 Å². The monoisotopic (exact) mass is 294 g/mol. The Morgan fingerprint density at radius 1 is 0.615 bits per heavy atom. The Kier molecular flexibility index (Phi) is 25.1. The van der Waals surface area contributed by atoms with Gasteiger partial charge in [0.2, 0.25) is 0 Å². The molecule has 0 saturated heterocycles. The van der Waals surface area contributed by atoms with Gasteiger partial charge in [-0.25, -0.2) is 0 Å². The van der Waals surface area contributed by atoms with Crippen LogP contribution >= 0.6 is 0 Å². The fourth-order valence-electron chi connectivity index (χ4n) is 0. The predicted octanol–water partition coefficient (Wildman–Crippen LogP) is 1.52. The zero-order valence-corrected chi connectivity index (χ0v) is 10.9. The fourth-order valence-corrected chi connectivity index (χ4v) is 0. The van der Waals surface area contributed by atoms with Gasteiger partial charge < -0.3 is 27.9 Å². The SMILES string of the molecule is [CH-].[CH-].[CH][Si]([CH])([CH])[CH2-].[CH][Si]([CH])([CH])[CH2-].[Pd]. The Morgan fingerprint density at radius 2 is 0.615 bits per heavy atom. The van der Waals surface area contributed by atoms with Crippen LogP contribution < -0.4 is 0 Å². The first kappa shape index (κ1) is 29.2. The van der Waals surface area contributed by atoms with E-state index in [4.69, 9.17) is 39.3 Å². The minimum absolute atomic E-state index is 0. The average molecular weight is 295 g/mol. The van der Waals surface area contributed by atoms with Crippen molar-refractivity contribution in [3.8, 4) is 0 Å². The third-order valence-electron chi connectivity index (χ3n) is 0. The Balaban J connectivity index is -0.0000000267. The van der Waals surface area contributed by atoms with Crippen molar-refractivity contribution >= 4 is 16.1 Å². The second-order valence-corrected chi connectivity index (χ2v) is 6.67. The van der Waals surface area contributed by atoms with Crippen molar-refractivity contribution in [2.45, 2.75) is 0 Å². The molecule has 0 amide bonds. The molecular formula is C10H12PdSi2-4. The Bertz CT molecular complexity index is 55.9. The predicted molar refractivity (Wildman–Crippen MR) is 56.6 cm³/mol. The van der Waals surface area contributed by atoms with E-state index < -0.39 is 16.1 Å². The molecule has 0 fully saturated rings. The molecule has 16 radical (unpaired) electrons. The fraction of sp³-hybridized carbons (Fsp3) is 0. The van der Waals surface area contributed by atoms with Gasteiger partial charge in [-0.1, -0.05) is 55.4 Å². The van der Waals surface area contributed by atoms with Crippen LogP contribution in [-0.2, 0) is 20.4 Å². The van der Waals surface area contributed by atoms with Gasteiger partial charge >= 0.3 is 0 Å². The first-order valence-corrected chi connectivity index (χ1v) is 7.32. The molecule has 0 aliphatic heterocycles. The number of rotatable bonds is 0. The molecular weight excluding hydrogens is 283 g/mol. The molecule has 0 unspecified atom stereocenters. The molecule has 0 aliphatic rings. The van der Waals surface area contributed by atoms with Crippen LogP contribution in [0, 0.1) is 67.2 Å². The average Bonchev–Trinajstić information content (AvgIpc) is 1.12. The van der Waals surface area contributed by atoms with Crippen molar-refractivity contribution in [3.05, 3.63) is 67.2 Å². The maximum Gasteiger partial charge on any atom is 0 e. The molecule has 0 aromatic heterocycles.